The Hall–Kier alpha value is -2.91. The molecule has 1 heterocycles. The van der Waals surface area contributed by atoms with E-state index in [4.69, 9.17) is 16.3 Å². The number of aryl methyl sites for hydroxylation is 1. The largest absolute Gasteiger partial charge is 0.379 e. The van der Waals surface area contributed by atoms with Crippen LogP contribution >= 0.6 is 11.6 Å². The van der Waals surface area contributed by atoms with E-state index in [1.807, 2.05) is 6.92 Å². The molecule has 4 rings (SSSR count). The van der Waals surface area contributed by atoms with Crippen LogP contribution in [-0.4, -0.2) is 58.6 Å². The number of ether oxygens (including phenoxy) is 1. The van der Waals surface area contributed by atoms with Crippen LogP contribution < -0.4 is 9.62 Å². The summed E-state index contributed by atoms with van der Waals surface area (Å²) in [4.78, 5) is 15.6. The van der Waals surface area contributed by atoms with Crippen molar-refractivity contribution in [1.82, 2.24) is 10.2 Å². The molecule has 0 atom stereocenters. The Kier molecular flexibility index (Phi) is 8.64. The Bertz CT molecular complexity index is 1280. The van der Waals surface area contributed by atoms with E-state index in [1.165, 1.54) is 4.31 Å². The lowest BCUT2D eigenvalue weighted by Crippen LogP contribution is -2.41. The quantitative estimate of drug-likeness (QED) is 0.453. The molecule has 36 heavy (non-hydrogen) atoms. The van der Waals surface area contributed by atoms with Gasteiger partial charge in [0.2, 0.25) is 0 Å². The minimum Gasteiger partial charge on any atom is -0.379 e. The second-order valence-corrected chi connectivity index (χ2v) is 11.0. The first-order chi connectivity index (χ1) is 17.3. The van der Waals surface area contributed by atoms with E-state index in [0.717, 1.165) is 24.2 Å². The van der Waals surface area contributed by atoms with Crippen LogP contribution in [0.1, 0.15) is 21.5 Å². The van der Waals surface area contributed by atoms with Crippen LogP contribution in [0.4, 0.5) is 5.69 Å². The minimum absolute atomic E-state index is 0.0471. The molecule has 1 fully saturated rings. The summed E-state index contributed by atoms with van der Waals surface area (Å²) < 4.78 is 34.4. The summed E-state index contributed by atoms with van der Waals surface area (Å²) in [6, 6.07) is 20.5. The lowest BCUT2D eigenvalue weighted by atomic mass is 10.1. The van der Waals surface area contributed by atoms with E-state index in [2.05, 4.69) is 10.2 Å². The molecule has 190 valence electrons. The zero-order chi connectivity index (χ0) is 25.5. The molecule has 1 aliphatic heterocycles. The molecule has 1 saturated heterocycles. The number of nitrogens with one attached hydrogen (secondary N) is 1. The zero-order valence-corrected chi connectivity index (χ0v) is 21.8. The number of rotatable bonds is 9. The first kappa shape index (κ1) is 26.2. The highest BCUT2D eigenvalue weighted by molar-refractivity contribution is 7.92. The molecule has 1 amide bonds. The fraction of sp³-hybridized carbons (Fsp3) is 0.296. The van der Waals surface area contributed by atoms with Crippen molar-refractivity contribution in [2.45, 2.75) is 18.4 Å². The van der Waals surface area contributed by atoms with Gasteiger partial charge in [0.1, 0.15) is 0 Å². The number of nitrogens with zero attached hydrogens (tertiary/aromatic N) is 2. The average molecular weight is 528 g/mol. The third kappa shape index (κ3) is 6.44. The topological polar surface area (TPSA) is 79.0 Å². The van der Waals surface area contributed by atoms with Gasteiger partial charge in [-0.05, 0) is 48.9 Å². The van der Waals surface area contributed by atoms with Gasteiger partial charge in [-0.15, -0.1) is 0 Å². The van der Waals surface area contributed by atoms with E-state index in [-0.39, 0.29) is 17.3 Å². The fourth-order valence-electron chi connectivity index (χ4n) is 4.02. The molecule has 0 radical (unpaired) electrons. The number of carbonyl (C=O) groups excluding carboxylic acids is 1. The SMILES string of the molecule is Cc1ccc(S(=O)(=O)N(Cc2ccc(Cl)cc2)c2ccccc2C(=O)NCCN2CCOCC2)cc1. The molecule has 0 aliphatic carbocycles. The third-order valence-electron chi connectivity index (χ3n) is 6.08. The summed E-state index contributed by atoms with van der Waals surface area (Å²) in [5.74, 6) is -0.320. The first-order valence-electron chi connectivity index (χ1n) is 11.9. The molecular weight excluding hydrogens is 498 g/mol. The number of hydrogen-bond acceptors (Lipinski definition) is 5. The molecule has 0 bridgehead atoms. The molecule has 0 aromatic heterocycles. The van der Waals surface area contributed by atoms with E-state index in [0.29, 0.717) is 42.6 Å². The zero-order valence-electron chi connectivity index (χ0n) is 20.2. The van der Waals surface area contributed by atoms with Crippen molar-refractivity contribution >= 4 is 33.2 Å². The average Bonchev–Trinajstić information content (AvgIpc) is 2.89. The van der Waals surface area contributed by atoms with Crippen LogP contribution in [0.5, 0.6) is 0 Å². The molecule has 0 unspecified atom stereocenters. The van der Waals surface area contributed by atoms with Gasteiger partial charge in [0.05, 0.1) is 35.9 Å². The summed E-state index contributed by atoms with van der Waals surface area (Å²) in [5, 5.41) is 3.51. The Morgan fingerprint density at radius 2 is 1.67 bits per heavy atom. The van der Waals surface area contributed by atoms with Crippen molar-refractivity contribution in [3.05, 3.63) is 94.5 Å². The summed E-state index contributed by atoms with van der Waals surface area (Å²) in [7, 11) is -3.97. The van der Waals surface area contributed by atoms with Crippen LogP contribution in [-0.2, 0) is 21.3 Å². The van der Waals surface area contributed by atoms with E-state index >= 15 is 0 Å². The smallest absolute Gasteiger partial charge is 0.264 e. The maximum Gasteiger partial charge on any atom is 0.264 e. The van der Waals surface area contributed by atoms with Gasteiger partial charge in [-0.3, -0.25) is 14.0 Å². The lowest BCUT2D eigenvalue weighted by molar-refractivity contribution is 0.0383. The minimum atomic E-state index is -3.97. The van der Waals surface area contributed by atoms with E-state index in [9.17, 15) is 13.2 Å². The second kappa shape index (κ2) is 11.9. The standard InChI is InChI=1S/C27H30ClN3O4S/c1-21-6-12-24(13-7-21)36(33,34)31(20-22-8-10-23(28)11-9-22)26-5-3-2-4-25(26)27(32)29-14-15-30-16-18-35-19-17-30/h2-13H,14-20H2,1H3,(H,29,32). The number of morpholine rings is 1. The number of para-hydroxylation sites is 1. The number of amides is 1. The Balaban J connectivity index is 1.64. The van der Waals surface area contributed by atoms with Gasteiger partial charge in [0.15, 0.2) is 0 Å². The van der Waals surface area contributed by atoms with Gasteiger partial charge >= 0.3 is 0 Å². The summed E-state index contributed by atoms with van der Waals surface area (Å²) in [6.07, 6.45) is 0. The highest BCUT2D eigenvalue weighted by Crippen LogP contribution is 2.29. The van der Waals surface area contributed by atoms with Crippen LogP contribution in [0.2, 0.25) is 5.02 Å². The van der Waals surface area contributed by atoms with Gasteiger partial charge in [0.25, 0.3) is 15.9 Å². The Morgan fingerprint density at radius 3 is 2.36 bits per heavy atom. The van der Waals surface area contributed by atoms with Crippen molar-refractivity contribution in [3.8, 4) is 0 Å². The number of anilines is 1. The predicted molar refractivity (Wildman–Crippen MR) is 142 cm³/mol. The monoisotopic (exact) mass is 527 g/mol. The van der Waals surface area contributed by atoms with Gasteiger partial charge in [-0.2, -0.15) is 0 Å². The molecular formula is C27H30ClN3O4S. The molecule has 7 nitrogen and oxygen atoms in total. The number of carbonyl (C=O) groups is 1. The maximum absolute atomic E-state index is 13.9. The lowest BCUT2D eigenvalue weighted by Gasteiger charge is -2.28. The summed E-state index contributed by atoms with van der Waals surface area (Å²) >= 11 is 6.04. The molecule has 9 heteroatoms. The maximum atomic E-state index is 13.9. The number of hydrogen-bond donors (Lipinski definition) is 1. The van der Waals surface area contributed by atoms with Gasteiger partial charge in [0, 0.05) is 31.2 Å². The van der Waals surface area contributed by atoms with Gasteiger partial charge in [-0.1, -0.05) is 53.6 Å². The van der Waals surface area contributed by atoms with Crippen molar-refractivity contribution in [2.24, 2.45) is 0 Å². The van der Waals surface area contributed by atoms with Crippen molar-refractivity contribution in [3.63, 3.8) is 0 Å². The number of benzene rings is 3. The summed E-state index contributed by atoms with van der Waals surface area (Å²) in [5.41, 5.74) is 2.32. The van der Waals surface area contributed by atoms with Crippen LogP contribution in [0, 0.1) is 6.92 Å². The van der Waals surface area contributed by atoms with Crippen LogP contribution in [0.25, 0.3) is 0 Å². The Morgan fingerprint density at radius 1 is 1.00 bits per heavy atom. The van der Waals surface area contributed by atoms with E-state index < -0.39 is 10.0 Å². The normalized spacial score (nSPS) is 14.4. The molecule has 1 N–H and O–H groups in total. The van der Waals surface area contributed by atoms with E-state index in [1.54, 1.807) is 72.8 Å². The fourth-order valence-corrected chi connectivity index (χ4v) is 5.62. The number of halogens is 1. The summed E-state index contributed by atoms with van der Waals surface area (Å²) in [6.45, 7) is 6.14. The third-order valence-corrected chi connectivity index (χ3v) is 8.11. The Labute approximate surface area is 217 Å². The van der Waals surface area contributed by atoms with Crippen LogP contribution in [0.15, 0.2) is 77.7 Å². The predicted octanol–water partition coefficient (Wildman–Crippen LogP) is 4.11. The van der Waals surface area contributed by atoms with Gasteiger partial charge < -0.3 is 10.1 Å². The molecule has 0 saturated carbocycles. The molecule has 3 aromatic carbocycles. The highest BCUT2D eigenvalue weighted by Gasteiger charge is 2.28. The van der Waals surface area contributed by atoms with Crippen molar-refractivity contribution < 1.29 is 17.9 Å². The molecule has 3 aromatic rings. The van der Waals surface area contributed by atoms with Crippen molar-refractivity contribution in [1.29, 1.82) is 0 Å². The second-order valence-electron chi connectivity index (χ2n) is 8.68. The number of sulfonamides is 1. The van der Waals surface area contributed by atoms with Crippen LogP contribution in [0.3, 0.4) is 0 Å². The van der Waals surface area contributed by atoms with Crippen molar-refractivity contribution in [2.75, 3.05) is 43.7 Å². The first-order valence-corrected chi connectivity index (χ1v) is 13.7. The highest BCUT2D eigenvalue weighted by atomic mass is 35.5. The van der Waals surface area contributed by atoms with Gasteiger partial charge in [-0.25, -0.2) is 8.42 Å². The molecule has 0 spiro atoms. The molecule has 1 aliphatic rings.